The van der Waals surface area contributed by atoms with Gasteiger partial charge in [0.1, 0.15) is 0 Å². The molecule has 0 amide bonds. The molecule has 0 aliphatic carbocycles. The number of rotatable bonds is 6. The number of aromatic nitrogens is 1. The molecule has 1 aliphatic rings. The minimum atomic E-state index is 0.511. The molecule has 29 heavy (non-hydrogen) atoms. The summed E-state index contributed by atoms with van der Waals surface area (Å²) >= 11 is 1.82. The van der Waals surface area contributed by atoms with E-state index in [2.05, 4.69) is 35.7 Å². The molecule has 0 spiro atoms. The van der Waals surface area contributed by atoms with Gasteiger partial charge in [-0.3, -0.25) is 0 Å². The summed E-state index contributed by atoms with van der Waals surface area (Å²) in [5.41, 5.74) is 3.07. The summed E-state index contributed by atoms with van der Waals surface area (Å²) < 4.78 is 17.7. The molecule has 152 valence electrons. The SMILES string of the molecule is C=C(c1cc(OC)c(OC)c(OC)c1)N1CCC(c2nc3ccccc3s2)CC1. The van der Waals surface area contributed by atoms with Gasteiger partial charge in [-0.25, -0.2) is 4.98 Å². The van der Waals surface area contributed by atoms with Crippen molar-refractivity contribution in [3.05, 3.63) is 53.5 Å². The number of piperidine rings is 1. The molecule has 3 aromatic rings. The van der Waals surface area contributed by atoms with Crippen LogP contribution in [-0.4, -0.2) is 44.3 Å². The van der Waals surface area contributed by atoms with Gasteiger partial charge in [0, 0.05) is 30.3 Å². The van der Waals surface area contributed by atoms with Crippen LogP contribution in [0.4, 0.5) is 0 Å². The minimum absolute atomic E-state index is 0.511. The van der Waals surface area contributed by atoms with Crippen LogP contribution < -0.4 is 14.2 Å². The van der Waals surface area contributed by atoms with E-state index < -0.39 is 0 Å². The van der Waals surface area contributed by atoms with Crippen molar-refractivity contribution in [3.63, 3.8) is 0 Å². The van der Waals surface area contributed by atoms with E-state index in [9.17, 15) is 0 Å². The van der Waals surface area contributed by atoms with Crippen LogP contribution >= 0.6 is 11.3 Å². The van der Waals surface area contributed by atoms with Crippen molar-refractivity contribution in [2.24, 2.45) is 0 Å². The number of nitrogens with zero attached hydrogens (tertiary/aromatic N) is 2. The van der Waals surface area contributed by atoms with E-state index in [0.29, 0.717) is 23.2 Å². The number of methoxy groups -OCH3 is 3. The van der Waals surface area contributed by atoms with Crippen LogP contribution in [0.3, 0.4) is 0 Å². The number of likely N-dealkylation sites (tertiary alicyclic amines) is 1. The number of benzene rings is 2. The second-order valence-corrected chi connectivity index (χ2v) is 8.20. The zero-order valence-corrected chi connectivity index (χ0v) is 17.9. The molecular formula is C23H26N2O3S. The first-order valence-electron chi connectivity index (χ1n) is 9.74. The zero-order chi connectivity index (χ0) is 20.4. The molecule has 0 atom stereocenters. The summed E-state index contributed by atoms with van der Waals surface area (Å²) in [4.78, 5) is 7.20. The lowest BCUT2D eigenvalue weighted by Crippen LogP contribution is -2.31. The average Bonchev–Trinajstić information content (AvgIpc) is 3.22. The molecule has 2 aromatic carbocycles. The maximum absolute atomic E-state index is 5.49. The number of fused-ring (bicyclic) bond motifs is 1. The Morgan fingerprint density at radius 3 is 2.28 bits per heavy atom. The van der Waals surface area contributed by atoms with Gasteiger partial charge < -0.3 is 19.1 Å². The first-order chi connectivity index (χ1) is 14.1. The Labute approximate surface area is 175 Å². The quantitative estimate of drug-likeness (QED) is 0.561. The Bertz CT molecular complexity index is 964. The lowest BCUT2D eigenvalue weighted by molar-refractivity contribution is 0.298. The highest BCUT2D eigenvalue weighted by atomic mass is 32.1. The molecule has 4 rings (SSSR count). The molecule has 0 bridgehead atoms. The maximum Gasteiger partial charge on any atom is 0.203 e. The van der Waals surface area contributed by atoms with E-state index in [-0.39, 0.29) is 0 Å². The summed E-state index contributed by atoms with van der Waals surface area (Å²) in [6, 6.07) is 12.3. The first-order valence-corrected chi connectivity index (χ1v) is 10.6. The van der Waals surface area contributed by atoms with E-state index in [1.54, 1.807) is 21.3 Å². The fourth-order valence-electron chi connectivity index (χ4n) is 3.89. The predicted octanol–water partition coefficient (Wildman–Crippen LogP) is 5.17. The Kier molecular flexibility index (Phi) is 5.62. The van der Waals surface area contributed by atoms with Gasteiger partial charge in [-0.15, -0.1) is 11.3 Å². The topological polar surface area (TPSA) is 43.8 Å². The second-order valence-electron chi connectivity index (χ2n) is 7.14. The van der Waals surface area contributed by atoms with Gasteiger partial charge in [-0.1, -0.05) is 18.7 Å². The van der Waals surface area contributed by atoms with Gasteiger partial charge >= 0.3 is 0 Å². The van der Waals surface area contributed by atoms with Gasteiger partial charge in [-0.2, -0.15) is 0 Å². The van der Waals surface area contributed by atoms with Crippen molar-refractivity contribution >= 4 is 27.3 Å². The molecule has 2 heterocycles. The summed E-state index contributed by atoms with van der Waals surface area (Å²) in [5, 5.41) is 1.25. The van der Waals surface area contributed by atoms with Gasteiger partial charge in [0.15, 0.2) is 11.5 Å². The molecule has 5 nitrogen and oxygen atoms in total. The number of hydrogen-bond donors (Lipinski definition) is 0. The number of hydrogen-bond acceptors (Lipinski definition) is 6. The van der Waals surface area contributed by atoms with E-state index in [4.69, 9.17) is 19.2 Å². The van der Waals surface area contributed by atoms with Crippen molar-refractivity contribution < 1.29 is 14.2 Å². The van der Waals surface area contributed by atoms with Gasteiger partial charge in [0.2, 0.25) is 5.75 Å². The smallest absolute Gasteiger partial charge is 0.203 e. The van der Waals surface area contributed by atoms with Crippen LogP contribution in [0.15, 0.2) is 43.0 Å². The molecule has 0 N–H and O–H groups in total. The highest BCUT2D eigenvalue weighted by molar-refractivity contribution is 7.18. The average molecular weight is 411 g/mol. The number of ether oxygens (including phenoxy) is 3. The van der Waals surface area contributed by atoms with Gasteiger partial charge in [0.25, 0.3) is 0 Å². The standard InChI is InChI=1S/C23H26N2O3S/c1-15(17-13-19(26-2)22(28-4)20(14-17)27-3)25-11-9-16(10-12-25)23-24-18-7-5-6-8-21(18)29-23/h5-8,13-14,16H,1,9-12H2,2-4H3. The summed E-state index contributed by atoms with van der Waals surface area (Å²) in [5.74, 6) is 2.40. The monoisotopic (exact) mass is 410 g/mol. The van der Waals surface area contributed by atoms with E-state index in [1.165, 1.54) is 9.71 Å². The van der Waals surface area contributed by atoms with Crippen molar-refractivity contribution in [1.29, 1.82) is 0 Å². The van der Waals surface area contributed by atoms with Crippen LogP contribution in [0.5, 0.6) is 17.2 Å². The Morgan fingerprint density at radius 2 is 1.69 bits per heavy atom. The van der Waals surface area contributed by atoms with Gasteiger partial charge in [0.05, 0.1) is 36.6 Å². The molecule has 0 saturated carbocycles. The molecule has 0 unspecified atom stereocenters. The molecule has 1 saturated heterocycles. The van der Waals surface area contributed by atoms with E-state index >= 15 is 0 Å². The Morgan fingerprint density at radius 1 is 1.03 bits per heavy atom. The summed E-state index contributed by atoms with van der Waals surface area (Å²) in [7, 11) is 4.88. The normalized spacial score (nSPS) is 14.8. The van der Waals surface area contributed by atoms with Crippen molar-refractivity contribution in [3.8, 4) is 17.2 Å². The molecule has 6 heteroatoms. The molecule has 1 aliphatic heterocycles. The Balaban J connectivity index is 1.49. The van der Waals surface area contributed by atoms with Crippen molar-refractivity contribution in [2.45, 2.75) is 18.8 Å². The third kappa shape index (κ3) is 3.77. The number of para-hydroxylation sites is 1. The lowest BCUT2D eigenvalue weighted by atomic mass is 9.96. The third-order valence-electron chi connectivity index (χ3n) is 5.53. The minimum Gasteiger partial charge on any atom is -0.493 e. The summed E-state index contributed by atoms with van der Waals surface area (Å²) in [6.45, 7) is 6.26. The zero-order valence-electron chi connectivity index (χ0n) is 17.1. The van der Waals surface area contributed by atoms with Crippen LogP contribution in [0.1, 0.15) is 29.3 Å². The van der Waals surface area contributed by atoms with Gasteiger partial charge in [-0.05, 0) is 37.1 Å². The highest BCUT2D eigenvalue weighted by Gasteiger charge is 2.25. The fourth-order valence-corrected chi connectivity index (χ4v) is 5.03. The van der Waals surface area contributed by atoms with Crippen LogP contribution in [0.25, 0.3) is 15.9 Å². The lowest BCUT2D eigenvalue weighted by Gasteiger charge is -2.34. The molecule has 1 aromatic heterocycles. The third-order valence-corrected chi connectivity index (χ3v) is 6.73. The van der Waals surface area contributed by atoms with Crippen LogP contribution in [0.2, 0.25) is 0 Å². The second kappa shape index (κ2) is 8.33. The van der Waals surface area contributed by atoms with E-state index in [1.807, 2.05) is 23.5 Å². The fraction of sp³-hybridized carbons (Fsp3) is 0.348. The summed E-state index contributed by atoms with van der Waals surface area (Å²) in [6.07, 6.45) is 2.15. The highest BCUT2D eigenvalue weighted by Crippen LogP contribution is 2.41. The predicted molar refractivity (Wildman–Crippen MR) is 118 cm³/mol. The maximum atomic E-state index is 5.49. The largest absolute Gasteiger partial charge is 0.493 e. The van der Waals surface area contributed by atoms with Crippen molar-refractivity contribution in [1.82, 2.24) is 9.88 Å². The van der Waals surface area contributed by atoms with Crippen LogP contribution in [0, 0.1) is 0 Å². The van der Waals surface area contributed by atoms with Crippen molar-refractivity contribution in [2.75, 3.05) is 34.4 Å². The number of thiazole rings is 1. The first kappa shape index (κ1) is 19.6. The van der Waals surface area contributed by atoms with E-state index in [0.717, 1.165) is 42.7 Å². The molecule has 0 radical (unpaired) electrons. The molecule has 1 fully saturated rings. The Hall–Kier alpha value is -2.73. The van der Waals surface area contributed by atoms with Crippen LogP contribution in [-0.2, 0) is 0 Å². The molecular weight excluding hydrogens is 384 g/mol.